The predicted molar refractivity (Wildman–Crippen MR) is 84.0 cm³/mol. The van der Waals surface area contributed by atoms with Crippen LogP contribution in [0.4, 0.5) is 4.79 Å². The van der Waals surface area contributed by atoms with Gasteiger partial charge in [0, 0.05) is 16.0 Å². The number of aromatic nitrogens is 1. The third-order valence-electron chi connectivity index (χ3n) is 4.83. The van der Waals surface area contributed by atoms with Gasteiger partial charge in [-0.1, -0.05) is 5.16 Å². The summed E-state index contributed by atoms with van der Waals surface area (Å²) in [6.07, 6.45) is 2.53. The van der Waals surface area contributed by atoms with Crippen LogP contribution in [-0.4, -0.2) is 22.0 Å². The van der Waals surface area contributed by atoms with Gasteiger partial charge in [-0.3, -0.25) is 9.69 Å². The van der Waals surface area contributed by atoms with Crippen molar-refractivity contribution in [2.24, 2.45) is 0 Å². The van der Waals surface area contributed by atoms with Crippen LogP contribution >= 0.6 is 11.3 Å². The standard InChI is InChI=1S/C16H17N3O3S/c1-9-11(10(2)22-18-9)8-19-14(20)16(17-15(19)21)6-3-4-13-12(16)5-7-23-13/h5,7H,3-4,6,8H2,1-2H3,(H,17,21)/t16-/m1/s1. The average Bonchev–Trinajstić information content (AvgIpc) is 3.18. The van der Waals surface area contributed by atoms with E-state index < -0.39 is 5.54 Å². The zero-order valence-corrected chi connectivity index (χ0v) is 13.8. The normalized spacial score (nSPS) is 23.5. The summed E-state index contributed by atoms with van der Waals surface area (Å²) in [7, 11) is 0. The van der Waals surface area contributed by atoms with Gasteiger partial charge >= 0.3 is 6.03 Å². The first-order valence-electron chi connectivity index (χ1n) is 7.65. The van der Waals surface area contributed by atoms with E-state index in [9.17, 15) is 9.59 Å². The molecule has 2 aliphatic rings. The molecule has 1 spiro atoms. The first-order chi connectivity index (χ1) is 11.0. The van der Waals surface area contributed by atoms with Crippen LogP contribution in [0.15, 0.2) is 16.0 Å². The fraction of sp³-hybridized carbons (Fsp3) is 0.438. The van der Waals surface area contributed by atoms with Crippen LogP contribution in [0.5, 0.6) is 0 Å². The van der Waals surface area contributed by atoms with E-state index in [1.54, 1.807) is 18.3 Å². The lowest BCUT2D eigenvalue weighted by molar-refractivity contribution is -0.132. The molecule has 1 saturated heterocycles. The second kappa shape index (κ2) is 4.92. The van der Waals surface area contributed by atoms with Gasteiger partial charge in [0.15, 0.2) is 0 Å². The second-order valence-corrected chi connectivity index (χ2v) is 7.14. The third kappa shape index (κ3) is 1.96. The van der Waals surface area contributed by atoms with E-state index in [-0.39, 0.29) is 18.5 Å². The fourth-order valence-corrected chi connectivity index (χ4v) is 4.57. The Morgan fingerprint density at radius 2 is 2.26 bits per heavy atom. The van der Waals surface area contributed by atoms with Crippen molar-refractivity contribution in [2.75, 3.05) is 0 Å². The highest BCUT2D eigenvalue weighted by molar-refractivity contribution is 7.10. The largest absolute Gasteiger partial charge is 0.361 e. The highest BCUT2D eigenvalue weighted by atomic mass is 32.1. The quantitative estimate of drug-likeness (QED) is 0.858. The van der Waals surface area contributed by atoms with Gasteiger partial charge in [-0.2, -0.15) is 0 Å². The van der Waals surface area contributed by atoms with Crippen LogP contribution in [-0.2, 0) is 23.3 Å². The van der Waals surface area contributed by atoms with Gasteiger partial charge in [-0.15, -0.1) is 11.3 Å². The number of imide groups is 1. The number of rotatable bonds is 2. The van der Waals surface area contributed by atoms with Gasteiger partial charge in [0.2, 0.25) is 0 Å². The molecule has 3 heterocycles. The maximum atomic E-state index is 13.1. The minimum atomic E-state index is -0.885. The predicted octanol–water partition coefficient (Wildman–Crippen LogP) is 2.64. The van der Waals surface area contributed by atoms with Crippen molar-refractivity contribution in [3.8, 4) is 0 Å². The molecule has 2 aromatic rings. The van der Waals surface area contributed by atoms with E-state index in [0.29, 0.717) is 17.9 Å². The number of hydrogen-bond donors (Lipinski definition) is 1. The van der Waals surface area contributed by atoms with Crippen LogP contribution < -0.4 is 5.32 Å². The molecule has 23 heavy (non-hydrogen) atoms. The lowest BCUT2D eigenvalue weighted by Crippen LogP contribution is -2.46. The third-order valence-corrected chi connectivity index (χ3v) is 5.81. The molecule has 3 amide bonds. The molecule has 0 saturated carbocycles. The van der Waals surface area contributed by atoms with Gasteiger partial charge in [0.25, 0.3) is 5.91 Å². The number of carbonyl (C=O) groups is 2. The maximum Gasteiger partial charge on any atom is 0.325 e. The molecule has 1 fully saturated rings. The average molecular weight is 331 g/mol. The minimum Gasteiger partial charge on any atom is -0.361 e. The molecule has 4 rings (SSSR count). The molecule has 1 aliphatic carbocycles. The van der Waals surface area contributed by atoms with Crippen LogP contribution in [0.25, 0.3) is 0 Å². The molecule has 0 bridgehead atoms. The Morgan fingerprint density at radius 3 is 3.00 bits per heavy atom. The van der Waals surface area contributed by atoms with Gasteiger partial charge in [0.1, 0.15) is 11.3 Å². The van der Waals surface area contributed by atoms with Crippen LogP contribution in [0.2, 0.25) is 0 Å². The van der Waals surface area contributed by atoms with Crippen LogP contribution in [0, 0.1) is 13.8 Å². The van der Waals surface area contributed by atoms with Gasteiger partial charge < -0.3 is 9.84 Å². The van der Waals surface area contributed by atoms with Crippen molar-refractivity contribution in [2.45, 2.75) is 45.2 Å². The summed E-state index contributed by atoms with van der Waals surface area (Å²) < 4.78 is 5.14. The van der Waals surface area contributed by atoms with E-state index in [4.69, 9.17) is 4.52 Å². The van der Waals surface area contributed by atoms with Gasteiger partial charge in [0.05, 0.1) is 12.2 Å². The summed E-state index contributed by atoms with van der Waals surface area (Å²) in [4.78, 5) is 28.1. The number of amides is 3. The number of hydrogen-bond acceptors (Lipinski definition) is 5. The molecule has 6 nitrogen and oxygen atoms in total. The molecule has 120 valence electrons. The monoisotopic (exact) mass is 331 g/mol. The number of nitrogens with zero attached hydrogens (tertiary/aromatic N) is 2. The summed E-state index contributed by atoms with van der Waals surface area (Å²) >= 11 is 1.65. The van der Waals surface area contributed by atoms with Crippen LogP contribution in [0.1, 0.15) is 40.3 Å². The summed E-state index contributed by atoms with van der Waals surface area (Å²) in [6.45, 7) is 3.81. The molecule has 1 aliphatic heterocycles. The van der Waals surface area contributed by atoms with Crippen molar-refractivity contribution in [3.63, 3.8) is 0 Å². The van der Waals surface area contributed by atoms with Crippen molar-refractivity contribution >= 4 is 23.3 Å². The Labute approximate surface area is 137 Å². The highest BCUT2D eigenvalue weighted by Gasteiger charge is 2.54. The van der Waals surface area contributed by atoms with Gasteiger partial charge in [-0.05, 0) is 44.6 Å². The van der Waals surface area contributed by atoms with Gasteiger partial charge in [-0.25, -0.2) is 4.79 Å². The number of carbonyl (C=O) groups excluding carboxylic acids is 2. The molecule has 1 N–H and O–H groups in total. The molecule has 7 heteroatoms. The zero-order valence-electron chi connectivity index (χ0n) is 13.0. The van der Waals surface area contributed by atoms with E-state index in [0.717, 1.165) is 24.0 Å². The number of urea groups is 1. The SMILES string of the molecule is Cc1noc(C)c1CN1C(=O)N[C@@]2(CCCc3sccc32)C1=O. The summed E-state index contributed by atoms with van der Waals surface area (Å²) in [5, 5.41) is 8.85. The lowest BCUT2D eigenvalue weighted by Gasteiger charge is -2.31. The Balaban J connectivity index is 1.71. The zero-order chi connectivity index (χ0) is 16.2. The number of aryl methyl sites for hydroxylation is 3. The van der Waals surface area contributed by atoms with E-state index in [2.05, 4.69) is 10.5 Å². The Bertz CT molecular complexity index is 790. The molecule has 0 aromatic carbocycles. The smallest absolute Gasteiger partial charge is 0.325 e. The second-order valence-electron chi connectivity index (χ2n) is 6.14. The molecule has 2 aromatic heterocycles. The molecular weight excluding hydrogens is 314 g/mol. The summed E-state index contributed by atoms with van der Waals surface area (Å²) in [5.74, 6) is 0.478. The molecule has 0 radical (unpaired) electrons. The molecular formula is C16H17N3O3S. The van der Waals surface area contributed by atoms with E-state index in [1.165, 1.54) is 9.78 Å². The summed E-state index contributed by atoms with van der Waals surface area (Å²) in [6, 6.07) is 1.63. The fourth-order valence-electron chi connectivity index (χ4n) is 3.57. The van der Waals surface area contributed by atoms with Crippen molar-refractivity contribution < 1.29 is 14.1 Å². The highest BCUT2D eigenvalue weighted by Crippen LogP contribution is 2.42. The lowest BCUT2D eigenvalue weighted by atomic mass is 9.80. The van der Waals surface area contributed by atoms with Crippen LogP contribution in [0.3, 0.4) is 0 Å². The van der Waals surface area contributed by atoms with E-state index >= 15 is 0 Å². The Hall–Kier alpha value is -2.15. The molecule has 1 atom stereocenters. The van der Waals surface area contributed by atoms with Crippen molar-refractivity contribution in [1.29, 1.82) is 0 Å². The molecule has 0 unspecified atom stereocenters. The Morgan fingerprint density at radius 1 is 1.43 bits per heavy atom. The number of fused-ring (bicyclic) bond motifs is 2. The first-order valence-corrected chi connectivity index (χ1v) is 8.53. The first kappa shape index (κ1) is 14.4. The number of nitrogens with one attached hydrogen (secondary N) is 1. The maximum absolute atomic E-state index is 13.1. The minimum absolute atomic E-state index is 0.165. The summed E-state index contributed by atoms with van der Waals surface area (Å²) in [5.41, 5.74) is 1.59. The topological polar surface area (TPSA) is 75.4 Å². The number of thiophene rings is 1. The van der Waals surface area contributed by atoms with Crippen molar-refractivity contribution in [3.05, 3.63) is 38.9 Å². The van der Waals surface area contributed by atoms with Crippen molar-refractivity contribution in [1.82, 2.24) is 15.4 Å². The van der Waals surface area contributed by atoms with E-state index in [1.807, 2.05) is 18.4 Å². The Kier molecular flexibility index (Phi) is 3.09.